The van der Waals surface area contributed by atoms with Crippen LogP contribution in [0.2, 0.25) is 0 Å². The van der Waals surface area contributed by atoms with Crippen LogP contribution in [0.3, 0.4) is 0 Å². The molecule has 20 heavy (non-hydrogen) atoms. The van der Waals surface area contributed by atoms with E-state index in [1.54, 1.807) is 30.5 Å². The van der Waals surface area contributed by atoms with Crippen molar-refractivity contribution in [3.63, 3.8) is 0 Å². The van der Waals surface area contributed by atoms with Crippen LogP contribution in [-0.4, -0.2) is 9.91 Å². The summed E-state index contributed by atoms with van der Waals surface area (Å²) in [6, 6.07) is 8.35. The van der Waals surface area contributed by atoms with E-state index in [1.165, 1.54) is 6.07 Å². The minimum absolute atomic E-state index is 0.0155. The van der Waals surface area contributed by atoms with Crippen LogP contribution in [0, 0.1) is 10.1 Å². The smallest absolute Gasteiger partial charge is 0.283 e. The van der Waals surface area contributed by atoms with Crippen LogP contribution in [-0.2, 0) is 12.5 Å². The van der Waals surface area contributed by atoms with Crippen molar-refractivity contribution in [1.82, 2.24) is 4.98 Å². The number of benzene rings is 1. The Labute approximate surface area is 128 Å². The zero-order chi connectivity index (χ0) is 14.5. The molecule has 0 amide bonds. The van der Waals surface area contributed by atoms with E-state index in [0.29, 0.717) is 21.7 Å². The molecule has 0 aliphatic heterocycles. The Morgan fingerprint density at radius 1 is 1.35 bits per heavy atom. The number of nitro groups is 1. The molecule has 0 saturated heterocycles. The number of alkyl halides is 1. The summed E-state index contributed by atoms with van der Waals surface area (Å²) in [6.07, 6.45) is 1.57. The average molecular weight is 358 g/mol. The molecule has 104 valence electrons. The van der Waals surface area contributed by atoms with Gasteiger partial charge in [0.25, 0.3) is 5.69 Å². The lowest BCUT2D eigenvalue weighted by Crippen LogP contribution is -1.99. The van der Waals surface area contributed by atoms with Crippen LogP contribution >= 0.6 is 27.5 Å². The summed E-state index contributed by atoms with van der Waals surface area (Å²) in [5.41, 5.74) is 1.47. The van der Waals surface area contributed by atoms with E-state index in [-0.39, 0.29) is 12.3 Å². The van der Waals surface area contributed by atoms with Gasteiger partial charge in [-0.1, -0.05) is 12.1 Å². The average Bonchev–Trinajstić information content (AvgIpc) is 2.46. The number of rotatable bonds is 5. The molecule has 2 aromatic rings. The number of hydrogen-bond donors (Lipinski definition) is 0. The van der Waals surface area contributed by atoms with Gasteiger partial charge in [-0.25, -0.2) is 0 Å². The van der Waals surface area contributed by atoms with Gasteiger partial charge < -0.3 is 4.74 Å². The largest absolute Gasteiger partial charge is 0.487 e. The Morgan fingerprint density at radius 2 is 2.15 bits per heavy atom. The highest BCUT2D eigenvalue weighted by molar-refractivity contribution is 9.10. The first-order valence-electron chi connectivity index (χ1n) is 5.67. The molecular formula is C13H10BrClN2O3. The molecule has 2 rings (SSSR count). The minimum atomic E-state index is -0.440. The molecule has 0 fully saturated rings. The van der Waals surface area contributed by atoms with Crippen molar-refractivity contribution in [2.45, 2.75) is 12.5 Å². The summed E-state index contributed by atoms with van der Waals surface area (Å²) in [5, 5.41) is 10.8. The maximum Gasteiger partial charge on any atom is 0.283 e. The third-order valence-electron chi connectivity index (χ3n) is 2.58. The van der Waals surface area contributed by atoms with Crippen LogP contribution in [0.25, 0.3) is 0 Å². The number of nitro benzene ring substituents is 1. The zero-order valence-corrected chi connectivity index (χ0v) is 12.6. The van der Waals surface area contributed by atoms with E-state index in [0.717, 1.165) is 5.69 Å². The van der Waals surface area contributed by atoms with Gasteiger partial charge in [0.05, 0.1) is 22.7 Å². The first kappa shape index (κ1) is 14.7. The maximum atomic E-state index is 10.8. The second-order valence-corrected chi connectivity index (χ2v) is 4.98. The van der Waals surface area contributed by atoms with Gasteiger partial charge in [0.1, 0.15) is 16.8 Å². The van der Waals surface area contributed by atoms with Gasteiger partial charge in [-0.3, -0.25) is 15.1 Å². The van der Waals surface area contributed by atoms with Crippen LogP contribution in [0.15, 0.2) is 41.0 Å². The topological polar surface area (TPSA) is 65.3 Å². The first-order chi connectivity index (χ1) is 9.61. The summed E-state index contributed by atoms with van der Waals surface area (Å²) >= 11 is 8.87. The molecule has 7 heteroatoms. The molecule has 1 aromatic heterocycles. The lowest BCUT2D eigenvalue weighted by molar-refractivity contribution is -0.385. The summed E-state index contributed by atoms with van der Waals surface area (Å²) in [5.74, 6) is 0.925. The van der Waals surface area contributed by atoms with E-state index < -0.39 is 4.92 Å². The number of pyridine rings is 1. The van der Waals surface area contributed by atoms with Gasteiger partial charge in [0, 0.05) is 11.6 Å². The highest BCUT2D eigenvalue weighted by Gasteiger charge is 2.14. The molecule has 0 bridgehead atoms. The molecule has 0 unspecified atom stereocenters. The predicted molar refractivity (Wildman–Crippen MR) is 78.9 cm³/mol. The van der Waals surface area contributed by atoms with Gasteiger partial charge in [-0.05, 0) is 28.1 Å². The summed E-state index contributed by atoms with van der Waals surface area (Å²) in [6.45, 7) is 0.212. The normalized spacial score (nSPS) is 10.3. The molecule has 0 N–H and O–H groups in total. The van der Waals surface area contributed by atoms with E-state index in [2.05, 4.69) is 20.9 Å². The quantitative estimate of drug-likeness (QED) is 0.459. The minimum Gasteiger partial charge on any atom is -0.487 e. The number of aromatic nitrogens is 1. The van der Waals surface area contributed by atoms with Crippen LogP contribution in [0.4, 0.5) is 5.69 Å². The fraction of sp³-hybridized carbons (Fsp3) is 0.154. The van der Waals surface area contributed by atoms with Crippen molar-refractivity contribution in [1.29, 1.82) is 0 Å². The molecule has 0 saturated carbocycles. The fourth-order valence-corrected chi connectivity index (χ4v) is 2.24. The third kappa shape index (κ3) is 3.46. The van der Waals surface area contributed by atoms with Crippen molar-refractivity contribution in [3.8, 4) is 5.75 Å². The number of ether oxygens (including phenoxy) is 1. The summed E-state index contributed by atoms with van der Waals surface area (Å²) < 4.78 is 5.98. The van der Waals surface area contributed by atoms with E-state index in [1.807, 2.05) is 0 Å². The molecule has 5 nitrogen and oxygen atoms in total. The Kier molecular flexibility index (Phi) is 4.92. The first-order valence-corrected chi connectivity index (χ1v) is 7.00. The molecule has 0 aliphatic rings. The summed E-state index contributed by atoms with van der Waals surface area (Å²) in [4.78, 5) is 14.5. The third-order valence-corrected chi connectivity index (χ3v) is 3.77. The second-order valence-electron chi connectivity index (χ2n) is 3.91. The van der Waals surface area contributed by atoms with Gasteiger partial charge in [0.2, 0.25) is 0 Å². The number of halogens is 2. The van der Waals surface area contributed by atoms with E-state index >= 15 is 0 Å². The molecule has 0 atom stereocenters. The SMILES string of the molecule is O=[N+]([O-])c1cccc(COc2ccc(CCl)nc2)c1Br. The Balaban J connectivity index is 2.10. The highest BCUT2D eigenvalue weighted by Crippen LogP contribution is 2.29. The second kappa shape index (κ2) is 6.67. The van der Waals surface area contributed by atoms with Gasteiger partial charge in [-0.2, -0.15) is 0 Å². The van der Waals surface area contributed by atoms with Crippen molar-refractivity contribution >= 4 is 33.2 Å². The van der Waals surface area contributed by atoms with Crippen LogP contribution in [0.5, 0.6) is 5.75 Å². The molecule has 0 spiro atoms. The molecule has 0 aliphatic carbocycles. The van der Waals surface area contributed by atoms with E-state index in [4.69, 9.17) is 16.3 Å². The van der Waals surface area contributed by atoms with Gasteiger partial charge in [-0.15, -0.1) is 11.6 Å². The summed E-state index contributed by atoms with van der Waals surface area (Å²) in [7, 11) is 0. The van der Waals surface area contributed by atoms with Gasteiger partial charge >= 0.3 is 0 Å². The molecule has 1 heterocycles. The van der Waals surface area contributed by atoms with Crippen molar-refractivity contribution < 1.29 is 9.66 Å². The Morgan fingerprint density at radius 3 is 2.75 bits per heavy atom. The van der Waals surface area contributed by atoms with Crippen LogP contribution in [0.1, 0.15) is 11.3 Å². The fourth-order valence-electron chi connectivity index (χ4n) is 1.56. The monoisotopic (exact) mass is 356 g/mol. The van der Waals surface area contributed by atoms with Crippen molar-refractivity contribution in [3.05, 3.63) is 62.4 Å². The predicted octanol–water partition coefficient (Wildman–Crippen LogP) is 4.07. The van der Waals surface area contributed by atoms with E-state index in [9.17, 15) is 10.1 Å². The lowest BCUT2D eigenvalue weighted by atomic mass is 10.2. The van der Waals surface area contributed by atoms with Crippen molar-refractivity contribution in [2.24, 2.45) is 0 Å². The van der Waals surface area contributed by atoms with Gasteiger partial charge in [0.15, 0.2) is 0 Å². The molecular weight excluding hydrogens is 348 g/mol. The standard InChI is InChI=1S/C13H10BrClN2O3/c14-13-9(2-1-3-12(13)17(18)19)8-20-11-5-4-10(6-15)16-7-11/h1-5,7H,6,8H2. The lowest BCUT2D eigenvalue weighted by Gasteiger charge is -2.08. The Hall–Kier alpha value is -1.66. The maximum absolute atomic E-state index is 10.8. The Bertz CT molecular complexity index is 620. The highest BCUT2D eigenvalue weighted by atomic mass is 79.9. The molecule has 0 radical (unpaired) electrons. The van der Waals surface area contributed by atoms with Crippen molar-refractivity contribution in [2.75, 3.05) is 0 Å². The number of nitrogens with zero attached hydrogens (tertiary/aromatic N) is 2. The van der Waals surface area contributed by atoms with Crippen LogP contribution < -0.4 is 4.74 Å². The zero-order valence-electron chi connectivity index (χ0n) is 10.3. The molecule has 1 aromatic carbocycles. The number of hydrogen-bond acceptors (Lipinski definition) is 4.